The fourth-order valence-corrected chi connectivity index (χ4v) is 5.15. The van der Waals surface area contributed by atoms with Crippen LogP contribution in [0.3, 0.4) is 0 Å². The zero-order valence-electron chi connectivity index (χ0n) is 23.2. The van der Waals surface area contributed by atoms with Crippen LogP contribution >= 0.6 is 11.6 Å². The summed E-state index contributed by atoms with van der Waals surface area (Å²) in [6, 6.07) is 8.58. The van der Waals surface area contributed by atoms with Crippen LogP contribution in [0.5, 0.6) is 5.75 Å². The molecule has 0 heterocycles. The summed E-state index contributed by atoms with van der Waals surface area (Å²) in [5.74, 6) is -0.957. The predicted octanol–water partition coefficient (Wildman–Crippen LogP) is 5.22. The van der Waals surface area contributed by atoms with Gasteiger partial charge in [0.2, 0.25) is 0 Å². The maximum absolute atomic E-state index is 14.3. The molecule has 0 unspecified atom stereocenters. The second kappa shape index (κ2) is 14.0. The Morgan fingerprint density at radius 1 is 1.05 bits per heavy atom. The molecule has 3 rings (SSSR count). The number of hydrogen-bond acceptors (Lipinski definition) is 6. The standard InChI is InChI=1S/C27H37ClFN5O5S/c1-18(2)16-34(20-8-6-5-7-9-20)25-13-11-21(39-17-26(35)32-40(37,38)33(3)4)15-24(25)31-27(36)30-23-12-10-19(28)14-22(23)29/h10-15,18,20H,5-9,16-17H2,1-4H3,(H,32,35)(H2,30,31,36). The quantitative estimate of drug-likeness (QED) is 0.327. The minimum absolute atomic E-state index is 0.0408. The summed E-state index contributed by atoms with van der Waals surface area (Å²) in [5, 5.41) is 5.50. The first-order valence-corrected chi connectivity index (χ1v) is 15.0. The molecule has 3 amide bonds. The van der Waals surface area contributed by atoms with Crippen LogP contribution in [0.15, 0.2) is 36.4 Å². The van der Waals surface area contributed by atoms with Crippen molar-refractivity contribution in [2.45, 2.75) is 52.0 Å². The van der Waals surface area contributed by atoms with Crippen molar-refractivity contribution in [3.63, 3.8) is 0 Å². The third-order valence-electron chi connectivity index (χ3n) is 6.38. The molecule has 40 heavy (non-hydrogen) atoms. The smallest absolute Gasteiger partial charge is 0.323 e. The first kappa shape index (κ1) is 31.4. The summed E-state index contributed by atoms with van der Waals surface area (Å²) < 4.78 is 46.5. The summed E-state index contributed by atoms with van der Waals surface area (Å²) in [6.07, 6.45) is 5.46. The van der Waals surface area contributed by atoms with E-state index in [2.05, 4.69) is 29.4 Å². The van der Waals surface area contributed by atoms with Crippen LogP contribution in [0, 0.1) is 11.7 Å². The molecule has 13 heteroatoms. The van der Waals surface area contributed by atoms with Crippen LogP contribution in [0.25, 0.3) is 0 Å². The molecule has 220 valence electrons. The van der Waals surface area contributed by atoms with E-state index in [1.54, 1.807) is 18.2 Å². The fraction of sp³-hybridized carbons (Fsp3) is 0.481. The lowest BCUT2D eigenvalue weighted by Crippen LogP contribution is -2.41. The average molecular weight is 598 g/mol. The minimum Gasteiger partial charge on any atom is -0.484 e. The zero-order valence-corrected chi connectivity index (χ0v) is 24.7. The number of nitrogens with one attached hydrogen (secondary N) is 3. The van der Waals surface area contributed by atoms with Gasteiger partial charge in [-0.1, -0.05) is 44.7 Å². The number of anilines is 3. The number of halogens is 2. The van der Waals surface area contributed by atoms with Crippen LogP contribution in [0.4, 0.5) is 26.2 Å². The molecule has 0 saturated heterocycles. The first-order valence-electron chi connectivity index (χ1n) is 13.2. The molecular weight excluding hydrogens is 561 g/mol. The van der Waals surface area contributed by atoms with E-state index >= 15 is 0 Å². The van der Waals surface area contributed by atoms with E-state index in [0.717, 1.165) is 48.3 Å². The lowest BCUT2D eigenvalue weighted by molar-refractivity contribution is -0.121. The average Bonchev–Trinajstić information content (AvgIpc) is 2.88. The predicted molar refractivity (Wildman–Crippen MR) is 156 cm³/mol. The molecule has 1 aliphatic carbocycles. The Morgan fingerprint density at radius 3 is 2.35 bits per heavy atom. The highest BCUT2D eigenvalue weighted by atomic mass is 35.5. The van der Waals surface area contributed by atoms with E-state index < -0.39 is 34.6 Å². The Morgan fingerprint density at radius 2 is 1.73 bits per heavy atom. The summed E-state index contributed by atoms with van der Waals surface area (Å²) in [5.41, 5.74) is 1.12. The van der Waals surface area contributed by atoms with Crippen LogP contribution in [-0.4, -0.2) is 58.0 Å². The van der Waals surface area contributed by atoms with E-state index in [4.69, 9.17) is 16.3 Å². The van der Waals surface area contributed by atoms with Crippen molar-refractivity contribution in [2.24, 2.45) is 5.92 Å². The van der Waals surface area contributed by atoms with Crippen molar-refractivity contribution in [2.75, 3.05) is 42.8 Å². The number of hydrogen-bond donors (Lipinski definition) is 3. The molecule has 1 saturated carbocycles. The van der Waals surface area contributed by atoms with Gasteiger partial charge in [0, 0.05) is 37.8 Å². The number of carbonyl (C=O) groups excluding carboxylic acids is 2. The normalized spacial score (nSPS) is 14.2. The Kier molecular flexibility index (Phi) is 11.0. The number of ether oxygens (including phenoxy) is 1. The Balaban J connectivity index is 1.88. The van der Waals surface area contributed by atoms with Gasteiger partial charge in [0.1, 0.15) is 11.6 Å². The molecule has 2 aromatic rings. The van der Waals surface area contributed by atoms with Crippen LogP contribution in [-0.2, 0) is 15.0 Å². The van der Waals surface area contributed by atoms with E-state index in [9.17, 15) is 22.4 Å². The maximum atomic E-state index is 14.3. The zero-order chi connectivity index (χ0) is 29.4. The lowest BCUT2D eigenvalue weighted by Gasteiger charge is -2.38. The largest absolute Gasteiger partial charge is 0.484 e. The van der Waals surface area contributed by atoms with Crippen molar-refractivity contribution < 1.29 is 27.1 Å². The van der Waals surface area contributed by atoms with Crippen LogP contribution in [0.1, 0.15) is 46.0 Å². The van der Waals surface area contributed by atoms with Gasteiger partial charge in [-0.2, -0.15) is 12.7 Å². The topological polar surface area (TPSA) is 120 Å². The summed E-state index contributed by atoms with van der Waals surface area (Å²) in [7, 11) is -1.37. The molecule has 0 radical (unpaired) electrons. The summed E-state index contributed by atoms with van der Waals surface area (Å²) in [6.45, 7) is 4.43. The van der Waals surface area contributed by atoms with Gasteiger partial charge in [-0.15, -0.1) is 0 Å². The molecule has 1 fully saturated rings. The van der Waals surface area contributed by atoms with Gasteiger partial charge in [0.15, 0.2) is 6.61 Å². The molecular formula is C27H37ClFN5O5S. The Hall–Kier alpha value is -3.09. The van der Waals surface area contributed by atoms with E-state index in [1.807, 2.05) is 4.72 Å². The number of rotatable bonds is 11. The third kappa shape index (κ3) is 8.97. The molecule has 10 nitrogen and oxygen atoms in total. The number of urea groups is 1. The minimum atomic E-state index is -3.96. The fourth-order valence-electron chi connectivity index (χ4n) is 4.47. The molecule has 0 spiro atoms. The van der Waals surface area contributed by atoms with Crippen molar-refractivity contribution in [1.82, 2.24) is 9.03 Å². The Labute approximate surface area is 240 Å². The van der Waals surface area contributed by atoms with E-state index in [-0.39, 0.29) is 22.5 Å². The number of nitrogens with zero attached hydrogens (tertiary/aromatic N) is 2. The number of benzene rings is 2. The maximum Gasteiger partial charge on any atom is 0.323 e. The highest BCUT2D eigenvalue weighted by Gasteiger charge is 2.25. The van der Waals surface area contributed by atoms with E-state index in [1.165, 1.54) is 32.6 Å². The van der Waals surface area contributed by atoms with Crippen molar-refractivity contribution >= 4 is 50.8 Å². The van der Waals surface area contributed by atoms with Gasteiger partial charge in [-0.3, -0.25) is 4.79 Å². The molecule has 0 atom stereocenters. The molecule has 1 aliphatic rings. The van der Waals surface area contributed by atoms with Crippen molar-refractivity contribution in [3.05, 3.63) is 47.2 Å². The summed E-state index contributed by atoms with van der Waals surface area (Å²) >= 11 is 5.82. The monoisotopic (exact) mass is 597 g/mol. The van der Waals surface area contributed by atoms with Gasteiger partial charge in [-0.05, 0) is 49.1 Å². The highest BCUT2D eigenvalue weighted by molar-refractivity contribution is 7.87. The van der Waals surface area contributed by atoms with Crippen LogP contribution < -0.4 is 25.0 Å². The second-order valence-electron chi connectivity index (χ2n) is 10.3. The molecule has 0 aromatic heterocycles. The molecule has 2 aromatic carbocycles. The van der Waals surface area contributed by atoms with Gasteiger partial charge < -0.3 is 20.3 Å². The van der Waals surface area contributed by atoms with E-state index in [0.29, 0.717) is 11.6 Å². The molecule has 0 bridgehead atoms. The number of carbonyl (C=O) groups is 2. The van der Waals surface area contributed by atoms with Gasteiger partial charge in [-0.25, -0.2) is 13.9 Å². The van der Waals surface area contributed by atoms with Gasteiger partial charge in [0.25, 0.3) is 5.91 Å². The first-order chi connectivity index (χ1) is 18.9. The molecule has 3 N–H and O–H groups in total. The van der Waals surface area contributed by atoms with Crippen LogP contribution in [0.2, 0.25) is 5.02 Å². The third-order valence-corrected chi connectivity index (χ3v) is 8.06. The van der Waals surface area contributed by atoms with Crippen molar-refractivity contribution in [3.8, 4) is 5.75 Å². The lowest BCUT2D eigenvalue weighted by atomic mass is 9.93. The highest BCUT2D eigenvalue weighted by Crippen LogP contribution is 2.36. The Bertz CT molecular complexity index is 1300. The second-order valence-corrected chi connectivity index (χ2v) is 12.6. The molecule has 0 aliphatic heterocycles. The summed E-state index contributed by atoms with van der Waals surface area (Å²) in [4.78, 5) is 27.4. The van der Waals surface area contributed by atoms with Gasteiger partial charge in [0.05, 0.1) is 17.1 Å². The van der Waals surface area contributed by atoms with Crippen molar-refractivity contribution in [1.29, 1.82) is 0 Å². The van der Waals surface area contributed by atoms with Gasteiger partial charge >= 0.3 is 16.2 Å². The SMILES string of the molecule is CC(C)CN(c1ccc(OCC(=O)NS(=O)(=O)N(C)C)cc1NC(=O)Nc1ccc(Cl)cc1F)C1CCCCC1. The number of amides is 3.